The zero-order valence-electron chi connectivity index (χ0n) is 18.9. The molecule has 0 aromatic rings. The number of carbonyl (C=O) groups is 2. The van der Waals surface area contributed by atoms with Crippen molar-refractivity contribution in [3.63, 3.8) is 0 Å². The molecule has 1 heterocycles. The fraction of sp³-hybridized carbons (Fsp3) is 0.917. The van der Waals surface area contributed by atoms with Gasteiger partial charge in [0.25, 0.3) is 5.92 Å². The first kappa shape index (κ1) is 23.5. The van der Waals surface area contributed by atoms with E-state index in [9.17, 15) is 18.4 Å². The number of esters is 2. The summed E-state index contributed by atoms with van der Waals surface area (Å²) in [7, 11) is 0. The highest BCUT2D eigenvalue weighted by atomic mass is 19.3. The maximum absolute atomic E-state index is 14.5. The van der Waals surface area contributed by atoms with Gasteiger partial charge in [0.1, 0.15) is 12.2 Å². The van der Waals surface area contributed by atoms with Crippen LogP contribution in [0.4, 0.5) is 8.78 Å². The fourth-order valence-electron chi connectivity index (χ4n) is 6.01. The Morgan fingerprint density at radius 2 is 1.97 bits per heavy atom. The van der Waals surface area contributed by atoms with Crippen molar-refractivity contribution < 1.29 is 27.8 Å². The lowest BCUT2D eigenvalue weighted by molar-refractivity contribution is -0.188. The van der Waals surface area contributed by atoms with Crippen molar-refractivity contribution in [3.05, 3.63) is 0 Å². The van der Waals surface area contributed by atoms with Gasteiger partial charge in [0.2, 0.25) is 0 Å². The van der Waals surface area contributed by atoms with E-state index in [0.29, 0.717) is 24.7 Å². The van der Waals surface area contributed by atoms with E-state index >= 15 is 0 Å². The number of ether oxygens (including phenoxy) is 2. The van der Waals surface area contributed by atoms with Crippen molar-refractivity contribution in [1.82, 2.24) is 0 Å². The summed E-state index contributed by atoms with van der Waals surface area (Å²) in [6.45, 7) is 7.96. The average Bonchev–Trinajstić information content (AvgIpc) is 2.65. The van der Waals surface area contributed by atoms with Crippen LogP contribution in [0.3, 0.4) is 0 Å². The molecule has 172 valence electrons. The van der Waals surface area contributed by atoms with E-state index < -0.39 is 12.0 Å². The quantitative estimate of drug-likeness (QED) is 0.504. The minimum absolute atomic E-state index is 0.0295. The Balaban J connectivity index is 1.74. The van der Waals surface area contributed by atoms with Gasteiger partial charge in [0.05, 0.1) is 5.92 Å². The highest BCUT2D eigenvalue weighted by Crippen LogP contribution is 2.53. The average molecular weight is 429 g/mol. The van der Waals surface area contributed by atoms with E-state index in [4.69, 9.17) is 9.47 Å². The van der Waals surface area contributed by atoms with Crippen molar-refractivity contribution >= 4 is 11.9 Å². The number of hydrogen-bond donors (Lipinski definition) is 0. The van der Waals surface area contributed by atoms with Crippen LogP contribution in [0.1, 0.15) is 85.5 Å². The molecular weight excluding hydrogens is 390 g/mol. The Morgan fingerprint density at radius 3 is 2.63 bits per heavy atom. The highest BCUT2D eigenvalue weighted by molar-refractivity contribution is 5.72. The molecule has 30 heavy (non-hydrogen) atoms. The summed E-state index contributed by atoms with van der Waals surface area (Å²) in [5.74, 6) is -2.76. The lowest BCUT2D eigenvalue weighted by Gasteiger charge is -2.50. The zero-order chi connectivity index (χ0) is 22.1. The molecular formula is C24H38F2O4. The maximum Gasteiger partial charge on any atom is 0.308 e. The van der Waals surface area contributed by atoms with Gasteiger partial charge in [-0.25, -0.2) is 8.78 Å². The van der Waals surface area contributed by atoms with Gasteiger partial charge in [-0.1, -0.05) is 34.1 Å². The largest absolute Gasteiger partial charge is 0.462 e. The second kappa shape index (κ2) is 9.52. The normalized spacial score (nSPS) is 39.5. The standard InChI is InChI=1S/C24H38F2O4/c1-5-15(3)23(28)30-20-13-24(25,26)12-17-7-6-16(4)19(22(17)20)9-8-18-10-14(2)11-21(27)29-18/h14-20,22H,5-13H2,1-4H3/t14-,15-,16+,17+,18-,19+,20+,22+/m1/s1. The lowest BCUT2D eigenvalue weighted by atomic mass is 9.59. The smallest absolute Gasteiger partial charge is 0.308 e. The molecule has 0 radical (unpaired) electrons. The first-order valence-electron chi connectivity index (χ1n) is 11.9. The summed E-state index contributed by atoms with van der Waals surface area (Å²) >= 11 is 0. The number of halogens is 2. The fourth-order valence-corrected chi connectivity index (χ4v) is 6.01. The van der Waals surface area contributed by atoms with Crippen LogP contribution in [-0.2, 0) is 19.1 Å². The molecule has 3 fully saturated rings. The lowest BCUT2D eigenvalue weighted by Crippen LogP contribution is -2.51. The predicted octanol–water partition coefficient (Wildman–Crippen LogP) is 5.77. The van der Waals surface area contributed by atoms with E-state index in [1.54, 1.807) is 6.92 Å². The molecule has 2 aliphatic carbocycles. The van der Waals surface area contributed by atoms with Gasteiger partial charge < -0.3 is 9.47 Å². The summed E-state index contributed by atoms with van der Waals surface area (Å²) in [4.78, 5) is 24.3. The summed E-state index contributed by atoms with van der Waals surface area (Å²) in [6.07, 6.45) is 3.99. The number of fused-ring (bicyclic) bond motifs is 1. The second-order valence-corrected chi connectivity index (χ2v) is 10.3. The van der Waals surface area contributed by atoms with Crippen molar-refractivity contribution in [1.29, 1.82) is 0 Å². The Hall–Kier alpha value is -1.20. The van der Waals surface area contributed by atoms with Gasteiger partial charge in [-0.05, 0) is 55.8 Å². The van der Waals surface area contributed by atoms with Gasteiger partial charge in [-0.15, -0.1) is 0 Å². The van der Waals surface area contributed by atoms with E-state index in [1.807, 2.05) is 6.92 Å². The third kappa shape index (κ3) is 5.53. The molecule has 0 amide bonds. The first-order valence-corrected chi connectivity index (χ1v) is 11.9. The molecule has 3 aliphatic rings. The van der Waals surface area contributed by atoms with Crippen molar-refractivity contribution in [2.75, 3.05) is 0 Å². The topological polar surface area (TPSA) is 52.6 Å². The molecule has 6 heteroatoms. The molecule has 3 rings (SSSR count). The van der Waals surface area contributed by atoms with Gasteiger partial charge >= 0.3 is 11.9 Å². The molecule has 0 unspecified atom stereocenters. The van der Waals surface area contributed by atoms with Crippen LogP contribution >= 0.6 is 0 Å². The first-order chi connectivity index (χ1) is 14.1. The van der Waals surface area contributed by atoms with Crippen LogP contribution < -0.4 is 0 Å². The summed E-state index contributed by atoms with van der Waals surface area (Å²) in [5.41, 5.74) is 0. The Labute approximate surface area is 179 Å². The minimum atomic E-state index is -2.78. The van der Waals surface area contributed by atoms with Crippen LogP contribution in [-0.4, -0.2) is 30.1 Å². The maximum atomic E-state index is 14.5. The van der Waals surface area contributed by atoms with E-state index in [2.05, 4.69) is 13.8 Å². The predicted molar refractivity (Wildman–Crippen MR) is 110 cm³/mol. The van der Waals surface area contributed by atoms with E-state index in [0.717, 1.165) is 32.1 Å². The third-order valence-electron chi connectivity index (χ3n) is 7.84. The zero-order valence-corrected chi connectivity index (χ0v) is 18.9. The third-order valence-corrected chi connectivity index (χ3v) is 7.84. The monoisotopic (exact) mass is 428 g/mol. The molecule has 0 aromatic carbocycles. The highest BCUT2D eigenvalue weighted by Gasteiger charge is 2.53. The van der Waals surface area contributed by atoms with Crippen LogP contribution in [0.25, 0.3) is 0 Å². The van der Waals surface area contributed by atoms with Gasteiger partial charge in [0.15, 0.2) is 0 Å². The molecule has 0 aromatic heterocycles. The molecule has 0 spiro atoms. The molecule has 4 nitrogen and oxygen atoms in total. The van der Waals surface area contributed by atoms with Crippen molar-refractivity contribution in [3.8, 4) is 0 Å². The van der Waals surface area contributed by atoms with Crippen LogP contribution in [0.5, 0.6) is 0 Å². The Morgan fingerprint density at radius 1 is 1.23 bits per heavy atom. The summed E-state index contributed by atoms with van der Waals surface area (Å²) < 4.78 is 40.3. The minimum Gasteiger partial charge on any atom is -0.462 e. The van der Waals surface area contributed by atoms with Crippen LogP contribution in [0, 0.1) is 35.5 Å². The van der Waals surface area contributed by atoms with Gasteiger partial charge in [-0.2, -0.15) is 0 Å². The number of rotatable bonds is 6. The number of carbonyl (C=O) groups excluding carboxylic acids is 2. The van der Waals surface area contributed by atoms with E-state index in [-0.39, 0.29) is 54.6 Å². The molecule has 0 N–H and O–H groups in total. The molecule has 1 aliphatic heterocycles. The van der Waals surface area contributed by atoms with Gasteiger partial charge in [0, 0.05) is 25.2 Å². The van der Waals surface area contributed by atoms with Crippen molar-refractivity contribution in [2.24, 2.45) is 35.5 Å². The molecule has 0 bridgehead atoms. The summed E-state index contributed by atoms with van der Waals surface area (Å²) in [5, 5.41) is 0. The van der Waals surface area contributed by atoms with E-state index in [1.165, 1.54) is 0 Å². The molecule has 1 saturated heterocycles. The van der Waals surface area contributed by atoms with Gasteiger partial charge in [-0.3, -0.25) is 9.59 Å². The second-order valence-electron chi connectivity index (χ2n) is 10.3. The summed E-state index contributed by atoms with van der Waals surface area (Å²) in [6, 6.07) is 0. The SMILES string of the molecule is CC[C@@H](C)C(=O)O[C@H]1CC(F)(F)C[C@@H]2CC[C@H](C)[C@H](CC[C@@H]3C[C@@H](C)CC(=O)O3)[C@H]21. The molecule has 8 atom stereocenters. The number of hydrogen-bond acceptors (Lipinski definition) is 4. The Bertz CT molecular complexity index is 622. The number of alkyl halides is 2. The van der Waals surface area contributed by atoms with Crippen LogP contribution in [0.2, 0.25) is 0 Å². The number of cyclic esters (lactones) is 1. The Kier molecular flexibility index (Phi) is 7.44. The van der Waals surface area contributed by atoms with Crippen molar-refractivity contribution in [2.45, 2.75) is 104 Å². The van der Waals surface area contributed by atoms with Crippen LogP contribution in [0.15, 0.2) is 0 Å². The molecule has 2 saturated carbocycles.